The van der Waals surface area contributed by atoms with Gasteiger partial charge < -0.3 is 5.73 Å². The summed E-state index contributed by atoms with van der Waals surface area (Å²) in [6, 6.07) is 5.03. The highest BCUT2D eigenvalue weighted by atomic mass is 32.2. The number of halogens is 4. The first kappa shape index (κ1) is 18.7. The maximum absolute atomic E-state index is 13.7. The van der Waals surface area contributed by atoms with Crippen molar-refractivity contribution < 1.29 is 30.8 Å². The predicted octanol–water partition coefficient (Wildman–Crippen LogP) is 2.68. The van der Waals surface area contributed by atoms with Gasteiger partial charge in [-0.25, -0.2) is 26.0 Å². The van der Waals surface area contributed by atoms with E-state index < -0.39 is 55.2 Å². The molecular formula is C16H11F4NO3S. The number of hydrogen-bond acceptors (Lipinski definition) is 3. The summed E-state index contributed by atoms with van der Waals surface area (Å²) in [5.74, 6) is -6.86. The van der Waals surface area contributed by atoms with Crippen molar-refractivity contribution >= 4 is 21.8 Å². The van der Waals surface area contributed by atoms with Crippen LogP contribution in [0.5, 0.6) is 0 Å². The second-order valence-electron chi connectivity index (χ2n) is 5.05. The van der Waals surface area contributed by atoms with Crippen LogP contribution in [0.2, 0.25) is 0 Å². The molecule has 0 unspecified atom stereocenters. The second-order valence-corrected chi connectivity index (χ2v) is 7.00. The van der Waals surface area contributed by atoms with Crippen molar-refractivity contribution in [1.29, 1.82) is 0 Å². The van der Waals surface area contributed by atoms with Crippen LogP contribution in [0.15, 0.2) is 41.3 Å². The van der Waals surface area contributed by atoms with Gasteiger partial charge in [-0.3, -0.25) is 4.79 Å². The topological polar surface area (TPSA) is 77.2 Å². The first-order valence-electron chi connectivity index (χ1n) is 6.73. The number of nitrogens with two attached hydrogens (primary N) is 1. The van der Waals surface area contributed by atoms with Crippen molar-refractivity contribution in [3.8, 4) is 0 Å². The minimum Gasteiger partial charge on any atom is -0.365 e. The van der Waals surface area contributed by atoms with E-state index >= 15 is 0 Å². The van der Waals surface area contributed by atoms with Gasteiger partial charge in [0.05, 0.1) is 5.75 Å². The summed E-state index contributed by atoms with van der Waals surface area (Å²) in [7, 11) is -4.34. The lowest BCUT2D eigenvalue weighted by molar-refractivity contribution is -0.113. The van der Waals surface area contributed by atoms with Crippen LogP contribution < -0.4 is 5.73 Å². The Morgan fingerprint density at radius 1 is 0.960 bits per heavy atom. The number of hydrogen-bond donors (Lipinski definition) is 1. The van der Waals surface area contributed by atoms with Gasteiger partial charge >= 0.3 is 0 Å². The second kappa shape index (κ2) is 7.06. The molecule has 0 fully saturated rings. The summed E-state index contributed by atoms with van der Waals surface area (Å²) in [6.45, 7) is 0. The molecule has 1 amide bonds. The summed E-state index contributed by atoms with van der Waals surface area (Å²) in [4.78, 5) is 10.5. The van der Waals surface area contributed by atoms with Crippen LogP contribution in [-0.4, -0.2) is 14.3 Å². The molecule has 9 heteroatoms. The number of amides is 1. The zero-order valence-electron chi connectivity index (χ0n) is 12.5. The molecular weight excluding hydrogens is 362 g/mol. The highest BCUT2D eigenvalue weighted by molar-refractivity contribution is 7.95. The van der Waals surface area contributed by atoms with Gasteiger partial charge in [-0.15, -0.1) is 0 Å². The Labute approximate surface area is 140 Å². The Morgan fingerprint density at radius 3 is 2.08 bits per heavy atom. The lowest BCUT2D eigenvalue weighted by Crippen LogP contribution is -2.22. The molecule has 25 heavy (non-hydrogen) atoms. The Hall–Kier alpha value is -2.68. The molecule has 2 aromatic rings. The Bertz CT molecular complexity index is 954. The van der Waals surface area contributed by atoms with E-state index in [1.165, 1.54) is 12.1 Å². The van der Waals surface area contributed by atoms with E-state index in [-0.39, 0.29) is 11.6 Å². The Balaban J connectivity index is 2.48. The number of rotatable bonds is 5. The van der Waals surface area contributed by atoms with Crippen LogP contribution in [0.4, 0.5) is 17.6 Å². The summed E-state index contributed by atoms with van der Waals surface area (Å²) in [5.41, 5.74) is 4.52. The normalized spacial score (nSPS) is 12.2. The first-order chi connectivity index (χ1) is 11.6. The molecule has 0 atom stereocenters. The van der Waals surface area contributed by atoms with E-state index in [1.54, 1.807) is 0 Å². The maximum atomic E-state index is 13.7. The quantitative estimate of drug-likeness (QED) is 0.497. The number of sulfone groups is 1. The molecule has 0 saturated carbocycles. The summed E-state index contributed by atoms with van der Waals surface area (Å²) >= 11 is 0. The zero-order valence-corrected chi connectivity index (χ0v) is 13.3. The molecule has 0 bridgehead atoms. The molecule has 2 aromatic carbocycles. The van der Waals surface area contributed by atoms with Crippen molar-refractivity contribution in [3.63, 3.8) is 0 Å². The molecule has 0 aromatic heterocycles. The molecule has 0 radical (unpaired) electrons. The van der Waals surface area contributed by atoms with Crippen molar-refractivity contribution in [3.05, 3.63) is 75.7 Å². The van der Waals surface area contributed by atoms with E-state index in [4.69, 9.17) is 5.73 Å². The molecule has 0 aliphatic carbocycles. The number of carbonyl (C=O) groups excluding carboxylic acids is 1. The molecule has 4 nitrogen and oxygen atoms in total. The Morgan fingerprint density at radius 2 is 1.52 bits per heavy atom. The number of primary amides is 1. The van der Waals surface area contributed by atoms with Gasteiger partial charge in [0.2, 0.25) is 0 Å². The third kappa shape index (κ3) is 4.44. The van der Waals surface area contributed by atoms with E-state index in [1.807, 2.05) is 0 Å². The molecule has 0 aliphatic rings. The van der Waals surface area contributed by atoms with E-state index in [0.717, 1.165) is 12.1 Å². The molecule has 0 aliphatic heterocycles. The van der Waals surface area contributed by atoms with Crippen LogP contribution in [0.1, 0.15) is 11.1 Å². The van der Waals surface area contributed by atoms with Gasteiger partial charge in [0.25, 0.3) is 5.91 Å². The van der Waals surface area contributed by atoms with Gasteiger partial charge in [0.1, 0.15) is 16.5 Å². The summed E-state index contributed by atoms with van der Waals surface area (Å²) in [5, 5.41) is 0. The standard InChI is InChI=1S/C16H11F4NO3S/c17-11-3-1-9(2-4-11)8-25(23,24)15(16(21)22)6-10-5-13(19)14(20)7-12(10)18/h1-7H,8H2,(H2,21,22). The van der Waals surface area contributed by atoms with E-state index in [9.17, 15) is 30.8 Å². The molecule has 0 saturated heterocycles. The SMILES string of the molecule is NC(=O)C(=Cc1cc(F)c(F)cc1F)S(=O)(=O)Cc1ccc(F)cc1. The molecule has 132 valence electrons. The molecule has 0 spiro atoms. The number of benzene rings is 2. The average Bonchev–Trinajstić information content (AvgIpc) is 2.51. The zero-order chi connectivity index (χ0) is 18.8. The van der Waals surface area contributed by atoms with Crippen molar-refractivity contribution in [2.45, 2.75) is 5.75 Å². The van der Waals surface area contributed by atoms with Crippen molar-refractivity contribution in [2.75, 3.05) is 0 Å². The maximum Gasteiger partial charge on any atom is 0.260 e. The molecule has 2 rings (SSSR count). The van der Waals surface area contributed by atoms with Gasteiger partial charge in [-0.1, -0.05) is 12.1 Å². The van der Waals surface area contributed by atoms with Gasteiger partial charge in [-0.05, 0) is 29.8 Å². The fraction of sp³-hybridized carbons (Fsp3) is 0.0625. The smallest absolute Gasteiger partial charge is 0.260 e. The van der Waals surface area contributed by atoms with E-state index in [2.05, 4.69) is 0 Å². The average molecular weight is 373 g/mol. The Kier molecular flexibility index (Phi) is 5.27. The third-order valence-electron chi connectivity index (χ3n) is 3.17. The minimum absolute atomic E-state index is 0.152. The van der Waals surface area contributed by atoms with Crippen molar-refractivity contribution in [1.82, 2.24) is 0 Å². The largest absolute Gasteiger partial charge is 0.365 e. The van der Waals surface area contributed by atoms with Crippen LogP contribution >= 0.6 is 0 Å². The van der Waals surface area contributed by atoms with Crippen LogP contribution in [0, 0.1) is 23.3 Å². The highest BCUT2D eigenvalue weighted by Gasteiger charge is 2.24. The third-order valence-corrected chi connectivity index (χ3v) is 4.88. The molecule has 2 N–H and O–H groups in total. The highest BCUT2D eigenvalue weighted by Crippen LogP contribution is 2.21. The lowest BCUT2D eigenvalue weighted by atomic mass is 10.2. The fourth-order valence-electron chi connectivity index (χ4n) is 1.98. The van der Waals surface area contributed by atoms with Crippen LogP contribution in [0.25, 0.3) is 6.08 Å². The lowest BCUT2D eigenvalue weighted by Gasteiger charge is -2.07. The number of carbonyl (C=O) groups is 1. The monoisotopic (exact) mass is 373 g/mol. The van der Waals surface area contributed by atoms with E-state index in [0.29, 0.717) is 12.1 Å². The van der Waals surface area contributed by atoms with Gasteiger partial charge in [0, 0.05) is 11.6 Å². The van der Waals surface area contributed by atoms with Crippen LogP contribution in [-0.2, 0) is 20.4 Å². The molecule has 0 heterocycles. The summed E-state index contributed by atoms with van der Waals surface area (Å²) < 4.78 is 77.4. The fourth-order valence-corrected chi connectivity index (χ4v) is 3.38. The van der Waals surface area contributed by atoms with Crippen LogP contribution in [0.3, 0.4) is 0 Å². The van der Waals surface area contributed by atoms with Crippen molar-refractivity contribution in [2.24, 2.45) is 5.73 Å². The predicted molar refractivity (Wildman–Crippen MR) is 82.5 cm³/mol. The van der Waals surface area contributed by atoms with Gasteiger partial charge in [0.15, 0.2) is 21.5 Å². The first-order valence-corrected chi connectivity index (χ1v) is 8.38. The summed E-state index contributed by atoms with van der Waals surface area (Å²) in [6.07, 6.45) is 0.527. The van der Waals surface area contributed by atoms with Gasteiger partial charge in [-0.2, -0.15) is 0 Å². The minimum atomic E-state index is -4.34.